The van der Waals surface area contributed by atoms with E-state index in [2.05, 4.69) is 39.7 Å². The average molecular weight is 655 g/mol. The van der Waals surface area contributed by atoms with Crippen molar-refractivity contribution in [1.82, 2.24) is 19.5 Å². The molecule has 2 aromatic carbocycles. The van der Waals surface area contributed by atoms with Gasteiger partial charge >= 0.3 is 0 Å². The molecule has 0 amide bonds. The van der Waals surface area contributed by atoms with E-state index < -0.39 is 0 Å². The fourth-order valence-corrected chi connectivity index (χ4v) is 4.64. The fraction of sp³-hybridized carbons (Fsp3) is 0.138. The van der Waals surface area contributed by atoms with Crippen molar-refractivity contribution in [3.8, 4) is 23.2 Å². The molecule has 6 nitrogen and oxygen atoms in total. The predicted molar refractivity (Wildman–Crippen MR) is 138 cm³/mol. The second kappa shape index (κ2) is 9.03. The molecule has 0 aliphatic rings. The van der Waals surface area contributed by atoms with Gasteiger partial charge in [0.25, 0.3) is 0 Å². The van der Waals surface area contributed by atoms with E-state index in [1.807, 2.05) is 45.0 Å². The van der Waals surface area contributed by atoms with E-state index in [0.717, 1.165) is 55.4 Å². The Morgan fingerprint density at radius 1 is 0.917 bits per heavy atom. The average Bonchev–Trinajstić information content (AvgIpc) is 3.17. The molecule has 0 aliphatic heterocycles. The Balaban J connectivity index is 0.00000267. The second-order valence-corrected chi connectivity index (χ2v) is 8.93. The molecule has 4 heterocycles. The Kier molecular flexibility index (Phi) is 6.01. The summed E-state index contributed by atoms with van der Waals surface area (Å²) < 4.78 is 8.15. The number of hydrogen-bond donors (Lipinski definition) is 1. The minimum atomic E-state index is 0. The molecule has 7 heteroatoms. The Morgan fingerprint density at radius 2 is 1.75 bits per heavy atom. The number of aromatic hydroxyl groups is 1. The van der Waals surface area contributed by atoms with Crippen molar-refractivity contribution >= 4 is 32.8 Å². The van der Waals surface area contributed by atoms with Crippen LogP contribution in [-0.4, -0.2) is 24.6 Å². The van der Waals surface area contributed by atoms with Gasteiger partial charge in [-0.25, -0.2) is 9.97 Å². The Bertz CT molecular complexity index is 1790. The molecule has 0 unspecified atom stereocenters. The van der Waals surface area contributed by atoms with Crippen LogP contribution >= 0.6 is 0 Å². The third-order valence-corrected chi connectivity index (χ3v) is 6.53. The Hall–Kier alpha value is -3.76. The van der Waals surface area contributed by atoms with Gasteiger partial charge in [0.05, 0.1) is 0 Å². The zero-order valence-corrected chi connectivity index (χ0v) is 22.5. The molecule has 182 valence electrons. The first-order valence-corrected chi connectivity index (χ1v) is 11.4. The third-order valence-electron chi connectivity index (χ3n) is 6.53. The molecule has 0 radical (unpaired) electrons. The Morgan fingerprint density at radius 3 is 2.56 bits per heavy atom. The zero-order chi connectivity index (χ0) is 24.3. The number of hydrogen-bond acceptors (Lipinski definition) is 5. The molecule has 0 aliphatic carbocycles. The molecular formula is C29H23N4O2Pt-. The van der Waals surface area contributed by atoms with Crippen LogP contribution in [-0.2, 0) is 21.1 Å². The monoisotopic (exact) mass is 654 g/mol. The van der Waals surface area contributed by atoms with Crippen molar-refractivity contribution < 1.29 is 30.9 Å². The molecule has 0 saturated heterocycles. The molecule has 36 heavy (non-hydrogen) atoms. The predicted octanol–water partition coefficient (Wildman–Crippen LogP) is 6.65. The smallest absolute Gasteiger partial charge is 0.217 e. The maximum Gasteiger partial charge on any atom is 0.217 e. The summed E-state index contributed by atoms with van der Waals surface area (Å²) in [4.78, 5) is 13.9. The van der Waals surface area contributed by atoms with Crippen LogP contribution in [0.4, 0.5) is 0 Å². The zero-order valence-electron chi connectivity index (χ0n) is 20.2. The van der Waals surface area contributed by atoms with Crippen molar-refractivity contribution in [1.29, 1.82) is 0 Å². The van der Waals surface area contributed by atoms with E-state index in [1.165, 1.54) is 0 Å². The maximum absolute atomic E-state index is 10.5. The van der Waals surface area contributed by atoms with Crippen molar-refractivity contribution in [3.63, 3.8) is 0 Å². The van der Waals surface area contributed by atoms with Gasteiger partial charge in [-0.2, -0.15) is 0 Å². The van der Waals surface area contributed by atoms with Gasteiger partial charge in [0.2, 0.25) is 5.88 Å². The van der Waals surface area contributed by atoms with Crippen LogP contribution in [0.3, 0.4) is 0 Å². The van der Waals surface area contributed by atoms with Crippen LogP contribution in [0.1, 0.15) is 22.3 Å². The summed E-state index contributed by atoms with van der Waals surface area (Å²) in [5.74, 6) is 1.72. The van der Waals surface area contributed by atoms with E-state index in [4.69, 9.17) is 9.72 Å². The fourth-order valence-electron chi connectivity index (χ4n) is 4.64. The quantitative estimate of drug-likeness (QED) is 0.217. The SMILES string of the molecule is Cc1ccnc(-n2c3[c-]c(Oc4ccc5c(C)c(C)cc(O)c5n4)cnc3c3c(C)cccc32)c1.[Pt]. The minimum Gasteiger partial charge on any atom is -0.506 e. The first-order chi connectivity index (χ1) is 16.9. The minimum absolute atomic E-state index is 0. The van der Waals surface area contributed by atoms with E-state index in [0.29, 0.717) is 17.1 Å². The number of ether oxygens (including phenoxy) is 1. The summed E-state index contributed by atoms with van der Waals surface area (Å²) in [7, 11) is 0. The van der Waals surface area contributed by atoms with Crippen molar-refractivity contribution in [2.45, 2.75) is 27.7 Å². The molecule has 4 aromatic heterocycles. The van der Waals surface area contributed by atoms with Crippen molar-refractivity contribution in [2.75, 3.05) is 0 Å². The van der Waals surface area contributed by atoms with Crippen LogP contribution in [0.15, 0.2) is 60.9 Å². The first-order valence-electron chi connectivity index (χ1n) is 11.4. The van der Waals surface area contributed by atoms with Gasteiger partial charge in [-0.05, 0) is 97.3 Å². The van der Waals surface area contributed by atoms with Gasteiger partial charge in [-0.3, -0.25) is 0 Å². The summed E-state index contributed by atoms with van der Waals surface area (Å²) in [5.41, 5.74) is 7.48. The van der Waals surface area contributed by atoms with Crippen LogP contribution in [0.5, 0.6) is 17.4 Å². The number of rotatable bonds is 3. The number of fused-ring (bicyclic) bond motifs is 4. The summed E-state index contributed by atoms with van der Waals surface area (Å²) >= 11 is 0. The number of aromatic nitrogens is 4. The van der Waals surface area contributed by atoms with E-state index >= 15 is 0 Å². The van der Waals surface area contributed by atoms with Gasteiger partial charge in [0.1, 0.15) is 17.1 Å². The van der Waals surface area contributed by atoms with E-state index in [-0.39, 0.29) is 26.8 Å². The molecule has 0 saturated carbocycles. The number of aryl methyl sites for hydroxylation is 4. The first kappa shape index (κ1) is 24.0. The standard InChI is InChI=1S/C29H23N4O2.Pt/c1-16-10-11-30-25(12-16)33-22-7-5-6-17(2)27(22)29-23(33)14-20(15-31-29)35-26-9-8-21-19(4)18(3)13-24(34)28(21)32-26;/h5-13,15,34H,1-4H3;/q-1;. The van der Waals surface area contributed by atoms with Crippen molar-refractivity contribution in [3.05, 3.63) is 89.2 Å². The molecule has 6 rings (SSSR count). The molecule has 6 aromatic rings. The molecule has 0 bridgehead atoms. The maximum atomic E-state index is 10.5. The molecule has 0 atom stereocenters. The largest absolute Gasteiger partial charge is 0.506 e. The van der Waals surface area contributed by atoms with E-state index in [1.54, 1.807) is 24.5 Å². The number of phenols is 1. The van der Waals surface area contributed by atoms with Crippen LogP contribution in [0.25, 0.3) is 38.7 Å². The van der Waals surface area contributed by atoms with Gasteiger partial charge in [0.15, 0.2) is 0 Å². The van der Waals surface area contributed by atoms with Gasteiger partial charge in [-0.15, -0.1) is 6.07 Å². The molecular weight excluding hydrogens is 631 g/mol. The summed E-state index contributed by atoms with van der Waals surface area (Å²) in [6.45, 7) is 8.12. The molecule has 1 N–H and O–H groups in total. The summed E-state index contributed by atoms with van der Waals surface area (Å²) in [6.07, 6.45) is 3.47. The van der Waals surface area contributed by atoms with Crippen LogP contribution in [0, 0.1) is 33.8 Å². The summed E-state index contributed by atoms with van der Waals surface area (Å²) in [6, 6.07) is 19.0. The third kappa shape index (κ3) is 3.82. The summed E-state index contributed by atoms with van der Waals surface area (Å²) in [5, 5.41) is 12.4. The van der Waals surface area contributed by atoms with Crippen LogP contribution in [0.2, 0.25) is 0 Å². The van der Waals surface area contributed by atoms with Gasteiger partial charge < -0.3 is 19.4 Å². The van der Waals surface area contributed by atoms with Crippen molar-refractivity contribution in [2.24, 2.45) is 0 Å². The van der Waals surface area contributed by atoms with Gasteiger partial charge in [0, 0.05) is 50.0 Å². The number of benzene rings is 2. The normalized spacial score (nSPS) is 11.2. The molecule has 0 spiro atoms. The number of pyridine rings is 3. The molecule has 0 fully saturated rings. The van der Waals surface area contributed by atoms with E-state index in [9.17, 15) is 5.11 Å². The number of phenolic OH excluding ortho intramolecular Hbond substituents is 1. The second-order valence-electron chi connectivity index (χ2n) is 8.93. The van der Waals surface area contributed by atoms with Gasteiger partial charge in [-0.1, -0.05) is 17.7 Å². The van der Waals surface area contributed by atoms with Crippen LogP contribution < -0.4 is 4.74 Å². The Labute approximate surface area is 222 Å². The number of nitrogens with zero attached hydrogens (tertiary/aromatic N) is 4. The topological polar surface area (TPSA) is 73.1 Å².